The van der Waals surface area contributed by atoms with Gasteiger partial charge in [0.05, 0.1) is 23.0 Å². The smallest absolute Gasteiger partial charge is 0.0687 e. The lowest BCUT2D eigenvalue weighted by molar-refractivity contribution is 0.493. The van der Waals surface area contributed by atoms with E-state index in [9.17, 15) is 10.5 Å². The Morgan fingerprint density at radius 1 is 0.731 bits per heavy atom. The van der Waals surface area contributed by atoms with Crippen molar-refractivity contribution in [3.05, 3.63) is 57.6 Å². The zero-order valence-electron chi connectivity index (χ0n) is 15.5. The van der Waals surface area contributed by atoms with Crippen LogP contribution in [0, 0.1) is 33.5 Å². The normalized spacial score (nSPS) is 11.7. The first kappa shape index (κ1) is 20.3. The van der Waals surface area contributed by atoms with Crippen molar-refractivity contribution in [2.45, 2.75) is 40.5 Å². The molecular formula is C22H22Cl2N2. The summed E-state index contributed by atoms with van der Waals surface area (Å²) in [6.45, 7) is 7.61. The molecule has 0 amide bonds. The van der Waals surface area contributed by atoms with Gasteiger partial charge >= 0.3 is 0 Å². The van der Waals surface area contributed by atoms with Crippen molar-refractivity contribution in [1.29, 1.82) is 10.5 Å². The molecule has 0 N–H and O–H groups in total. The maximum atomic E-state index is 9.21. The summed E-state index contributed by atoms with van der Waals surface area (Å²) in [5.41, 5.74) is 2.96. The third-order valence-electron chi connectivity index (χ3n) is 4.31. The minimum absolute atomic E-state index is 0.455. The van der Waals surface area contributed by atoms with E-state index in [0.29, 0.717) is 22.9 Å². The van der Waals surface area contributed by atoms with Crippen LogP contribution in [-0.4, -0.2) is 0 Å². The second-order valence-corrected chi connectivity index (χ2v) is 8.77. The van der Waals surface area contributed by atoms with Gasteiger partial charge < -0.3 is 0 Å². The largest absolute Gasteiger partial charge is 0.198 e. The van der Waals surface area contributed by atoms with Crippen molar-refractivity contribution in [3.63, 3.8) is 0 Å². The molecule has 2 rings (SSSR count). The third kappa shape index (κ3) is 5.01. The summed E-state index contributed by atoms with van der Waals surface area (Å²) in [4.78, 5) is 0. The molecule has 0 saturated heterocycles. The van der Waals surface area contributed by atoms with Crippen molar-refractivity contribution in [2.75, 3.05) is 0 Å². The van der Waals surface area contributed by atoms with Crippen molar-refractivity contribution >= 4 is 23.2 Å². The molecule has 134 valence electrons. The minimum atomic E-state index is -0.455. The molecule has 0 radical (unpaired) electrons. The number of benzene rings is 2. The predicted molar refractivity (Wildman–Crippen MR) is 108 cm³/mol. The van der Waals surface area contributed by atoms with Crippen LogP contribution in [0.15, 0.2) is 36.4 Å². The van der Waals surface area contributed by atoms with E-state index in [1.54, 1.807) is 0 Å². The first-order chi connectivity index (χ1) is 12.1. The van der Waals surface area contributed by atoms with Crippen LogP contribution in [0.4, 0.5) is 0 Å². The van der Waals surface area contributed by atoms with E-state index in [4.69, 9.17) is 23.2 Å². The number of halogens is 2. The molecule has 0 fully saturated rings. The molecule has 2 aromatic rings. The van der Waals surface area contributed by atoms with E-state index >= 15 is 0 Å². The summed E-state index contributed by atoms with van der Waals surface area (Å²) in [7, 11) is 0. The molecule has 0 aliphatic rings. The van der Waals surface area contributed by atoms with Gasteiger partial charge in [-0.3, -0.25) is 0 Å². The Labute approximate surface area is 166 Å². The summed E-state index contributed by atoms with van der Waals surface area (Å²) in [6.07, 6.45) is 1.21. The fourth-order valence-corrected chi connectivity index (χ4v) is 3.27. The van der Waals surface area contributed by atoms with Crippen LogP contribution in [-0.2, 0) is 12.8 Å². The lowest BCUT2D eigenvalue weighted by Gasteiger charge is -2.18. The van der Waals surface area contributed by atoms with Crippen LogP contribution in [0.5, 0.6) is 0 Å². The monoisotopic (exact) mass is 384 g/mol. The Morgan fingerprint density at radius 2 is 1.08 bits per heavy atom. The first-order valence-corrected chi connectivity index (χ1v) is 9.22. The summed E-state index contributed by atoms with van der Waals surface area (Å²) >= 11 is 12.9. The van der Waals surface area contributed by atoms with Crippen LogP contribution in [0.3, 0.4) is 0 Å². The van der Waals surface area contributed by atoms with Gasteiger partial charge in [0, 0.05) is 10.0 Å². The molecule has 0 aliphatic carbocycles. The van der Waals surface area contributed by atoms with E-state index in [1.807, 2.05) is 64.1 Å². The summed E-state index contributed by atoms with van der Waals surface area (Å²) in [5, 5.41) is 19.7. The second kappa shape index (κ2) is 7.71. The summed E-state index contributed by atoms with van der Waals surface area (Å²) in [5.74, 6) is 0. The number of nitrogens with zero attached hydrogens (tertiary/aromatic N) is 2. The molecule has 2 nitrogen and oxygen atoms in total. The fraction of sp³-hybridized carbons (Fsp3) is 0.364. The molecular weight excluding hydrogens is 363 g/mol. The van der Waals surface area contributed by atoms with E-state index in [0.717, 1.165) is 22.3 Å². The average molecular weight is 385 g/mol. The van der Waals surface area contributed by atoms with Crippen LogP contribution >= 0.6 is 23.2 Å². The van der Waals surface area contributed by atoms with E-state index in [1.165, 1.54) is 0 Å². The van der Waals surface area contributed by atoms with Gasteiger partial charge in [0.15, 0.2) is 0 Å². The zero-order chi connectivity index (χ0) is 19.5. The molecule has 0 aromatic heterocycles. The van der Waals surface area contributed by atoms with Gasteiger partial charge in [0.25, 0.3) is 0 Å². The molecule has 4 heteroatoms. The third-order valence-corrected chi connectivity index (χ3v) is 5.01. The summed E-state index contributed by atoms with van der Waals surface area (Å²) < 4.78 is 0. The summed E-state index contributed by atoms with van der Waals surface area (Å²) in [6, 6.07) is 16.4. The van der Waals surface area contributed by atoms with Gasteiger partial charge in [-0.25, -0.2) is 0 Å². The topological polar surface area (TPSA) is 47.6 Å². The number of rotatable bonds is 5. The Bertz CT molecular complexity index is 824. The SMILES string of the molecule is CC(C)(C#N)Cc1ccc(-c2ccc(CC(C)(C)C#N)c(Cl)c2)cc1Cl. The lowest BCUT2D eigenvalue weighted by atomic mass is 9.86. The highest BCUT2D eigenvalue weighted by Gasteiger charge is 2.20. The average Bonchev–Trinajstić information content (AvgIpc) is 2.58. The predicted octanol–water partition coefficient (Wildman–Crippen LogP) is 6.84. The maximum Gasteiger partial charge on any atom is 0.0687 e. The molecule has 0 bridgehead atoms. The Kier molecular flexibility index (Phi) is 6.02. The quantitative estimate of drug-likeness (QED) is 0.565. The standard InChI is InChI=1S/C22H22Cl2N2/c1-21(2,13-25)11-17-7-5-15(9-19(17)23)16-6-8-18(20(24)10-16)12-22(3,4)14-26/h5-10H,11-12H2,1-4H3. The van der Waals surface area contributed by atoms with Crippen LogP contribution < -0.4 is 0 Å². The second-order valence-electron chi connectivity index (χ2n) is 7.96. The maximum absolute atomic E-state index is 9.21. The van der Waals surface area contributed by atoms with Gasteiger partial charge in [0.2, 0.25) is 0 Å². The van der Waals surface area contributed by atoms with Gasteiger partial charge in [-0.05, 0) is 74.9 Å². The highest BCUT2D eigenvalue weighted by Crippen LogP contribution is 2.33. The van der Waals surface area contributed by atoms with Crippen molar-refractivity contribution in [2.24, 2.45) is 10.8 Å². The zero-order valence-corrected chi connectivity index (χ0v) is 17.0. The molecule has 0 spiro atoms. The van der Waals surface area contributed by atoms with E-state index in [-0.39, 0.29) is 0 Å². The lowest BCUT2D eigenvalue weighted by Crippen LogP contribution is -2.12. The molecule has 0 heterocycles. The van der Waals surface area contributed by atoms with E-state index in [2.05, 4.69) is 12.1 Å². The molecule has 2 aromatic carbocycles. The van der Waals surface area contributed by atoms with E-state index < -0.39 is 10.8 Å². The van der Waals surface area contributed by atoms with Gasteiger partial charge in [-0.2, -0.15) is 10.5 Å². The number of hydrogen-bond acceptors (Lipinski definition) is 2. The minimum Gasteiger partial charge on any atom is -0.198 e. The highest BCUT2D eigenvalue weighted by atomic mass is 35.5. The van der Waals surface area contributed by atoms with Crippen molar-refractivity contribution in [3.8, 4) is 23.3 Å². The van der Waals surface area contributed by atoms with Crippen LogP contribution in [0.1, 0.15) is 38.8 Å². The van der Waals surface area contributed by atoms with Crippen molar-refractivity contribution < 1.29 is 0 Å². The van der Waals surface area contributed by atoms with Gasteiger partial charge in [-0.15, -0.1) is 0 Å². The molecule has 0 atom stereocenters. The fourth-order valence-electron chi connectivity index (χ4n) is 2.77. The Balaban J connectivity index is 2.30. The molecule has 26 heavy (non-hydrogen) atoms. The Hall–Kier alpha value is -2.00. The molecule has 0 saturated carbocycles. The molecule has 0 aliphatic heterocycles. The van der Waals surface area contributed by atoms with Crippen molar-refractivity contribution in [1.82, 2.24) is 0 Å². The number of hydrogen-bond donors (Lipinski definition) is 0. The van der Waals surface area contributed by atoms with Crippen LogP contribution in [0.2, 0.25) is 10.0 Å². The van der Waals surface area contributed by atoms with Crippen LogP contribution in [0.25, 0.3) is 11.1 Å². The van der Waals surface area contributed by atoms with Gasteiger partial charge in [0.1, 0.15) is 0 Å². The molecule has 0 unspecified atom stereocenters. The number of nitriles is 2. The highest BCUT2D eigenvalue weighted by molar-refractivity contribution is 6.32. The Morgan fingerprint density at radius 3 is 1.35 bits per heavy atom. The van der Waals surface area contributed by atoms with Gasteiger partial charge in [-0.1, -0.05) is 47.5 Å². The first-order valence-electron chi connectivity index (χ1n) is 8.47.